The summed E-state index contributed by atoms with van der Waals surface area (Å²) < 4.78 is 0. The first-order chi connectivity index (χ1) is 6.45. The van der Waals surface area contributed by atoms with Crippen molar-refractivity contribution in [3.63, 3.8) is 0 Å². The fourth-order valence-corrected chi connectivity index (χ4v) is 1.19. The van der Waals surface area contributed by atoms with Gasteiger partial charge >= 0.3 is 0 Å². The van der Waals surface area contributed by atoms with Crippen molar-refractivity contribution in [1.82, 2.24) is 10.4 Å². The molecule has 3 heteroatoms. The van der Waals surface area contributed by atoms with Crippen molar-refractivity contribution >= 4 is 6.34 Å². The average molecular weight is 173 g/mol. The second kappa shape index (κ2) is 3.76. The summed E-state index contributed by atoms with van der Waals surface area (Å²) in [6.07, 6.45) is 5.34. The van der Waals surface area contributed by atoms with Crippen LogP contribution in [0.1, 0.15) is 5.56 Å². The lowest BCUT2D eigenvalue weighted by Gasteiger charge is -2.21. The molecule has 13 heavy (non-hydrogen) atoms. The molecule has 0 fully saturated rings. The van der Waals surface area contributed by atoms with Crippen LogP contribution in [0.15, 0.2) is 47.7 Å². The minimum Gasteiger partial charge on any atom is -0.288 e. The van der Waals surface area contributed by atoms with Crippen molar-refractivity contribution in [2.75, 3.05) is 0 Å². The first-order valence-electron chi connectivity index (χ1n) is 4.20. The lowest BCUT2D eigenvalue weighted by atomic mass is 10.2. The first kappa shape index (κ1) is 7.86. The number of hydrazine groups is 1. The molecule has 0 spiro atoms. The second-order valence-corrected chi connectivity index (χ2v) is 2.82. The Bertz CT molecular complexity index is 316. The van der Waals surface area contributed by atoms with Crippen molar-refractivity contribution in [3.05, 3.63) is 48.3 Å². The van der Waals surface area contributed by atoms with Crippen molar-refractivity contribution < 1.29 is 0 Å². The van der Waals surface area contributed by atoms with Gasteiger partial charge in [0.05, 0.1) is 6.54 Å². The minimum atomic E-state index is 0.851. The van der Waals surface area contributed by atoms with Crippen LogP contribution in [0.5, 0.6) is 0 Å². The monoisotopic (exact) mass is 173 g/mol. The van der Waals surface area contributed by atoms with Gasteiger partial charge in [0.25, 0.3) is 0 Å². The lowest BCUT2D eigenvalue weighted by Crippen LogP contribution is -2.33. The van der Waals surface area contributed by atoms with Crippen LogP contribution in [0.2, 0.25) is 0 Å². The molecular formula is C10H11N3. The Morgan fingerprint density at radius 1 is 1.23 bits per heavy atom. The van der Waals surface area contributed by atoms with Gasteiger partial charge in [0.15, 0.2) is 0 Å². The van der Waals surface area contributed by atoms with Gasteiger partial charge in [0, 0.05) is 12.4 Å². The molecule has 1 aromatic carbocycles. The summed E-state index contributed by atoms with van der Waals surface area (Å²) in [5.74, 6) is 0. The summed E-state index contributed by atoms with van der Waals surface area (Å²) in [5.41, 5.74) is 4.30. The van der Waals surface area contributed by atoms with Crippen molar-refractivity contribution in [2.45, 2.75) is 6.54 Å². The highest BCUT2D eigenvalue weighted by atomic mass is 15.5. The third-order valence-electron chi connectivity index (χ3n) is 1.83. The molecule has 0 aliphatic carbocycles. The van der Waals surface area contributed by atoms with Gasteiger partial charge in [0.1, 0.15) is 6.34 Å². The number of aliphatic imine (C=N–C) groups is 1. The molecule has 0 saturated heterocycles. The molecule has 0 unspecified atom stereocenters. The normalized spacial score (nSPS) is 14.3. The van der Waals surface area contributed by atoms with E-state index in [9.17, 15) is 0 Å². The van der Waals surface area contributed by atoms with E-state index in [0.717, 1.165) is 6.54 Å². The highest BCUT2D eigenvalue weighted by molar-refractivity contribution is 5.55. The minimum absolute atomic E-state index is 0.851. The molecule has 0 amide bonds. The fourth-order valence-electron chi connectivity index (χ4n) is 1.19. The van der Waals surface area contributed by atoms with Gasteiger partial charge in [-0.05, 0) is 5.56 Å². The zero-order valence-electron chi connectivity index (χ0n) is 7.22. The third-order valence-corrected chi connectivity index (χ3v) is 1.83. The van der Waals surface area contributed by atoms with E-state index in [1.165, 1.54) is 5.56 Å². The zero-order chi connectivity index (χ0) is 8.93. The maximum Gasteiger partial charge on any atom is 0.107 e. The van der Waals surface area contributed by atoms with Gasteiger partial charge < -0.3 is 0 Å². The smallest absolute Gasteiger partial charge is 0.107 e. The van der Waals surface area contributed by atoms with Gasteiger partial charge in [-0.25, -0.2) is 4.99 Å². The number of hydrogen-bond donors (Lipinski definition) is 1. The van der Waals surface area contributed by atoms with Crippen LogP contribution >= 0.6 is 0 Å². The zero-order valence-corrected chi connectivity index (χ0v) is 7.22. The second-order valence-electron chi connectivity index (χ2n) is 2.82. The Morgan fingerprint density at radius 3 is 2.77 bits per heavy atom. The van der Waals surface area contributed by atoms with Gasteiger partial charge in [-0.1, -0.05) is 30.3 Å². The van der Waals surface area contributed by atoms with Gasteiger partial charge in [-0.15, -0.1) is 0 Å². The standard InChI is InChI=1S/C10H11N3/c1-2-4-10(5-3-1)8-13-7-6-11-9-12-13/h1-7,9H,8H2,(H,11,12). The summed E-state index contributed by atoms with van der Waals surface area (Å²) in [7, 11) is 0. The molecule has 1 heterocycles. The topological polar surface area (TPSA) is 27.6 Å². The summed E-state index contributed by atoms with van der Waals surface area (Å²) in [6.45, 7) is 0.851. The van der Waals surface area contributed by atoms with Crippen LogP contribution in [-0.4, -0.2) is 11.3 Å². The summed E-state index contributed by atoms with van der Waals surface area (Å²) in [6, 6.07) is 10.3. The molecule has 3 nitrogen and oxygen atoms in total. The highest BCUT2D eigenvalue weighted by Crippen LogP contribution is 2.03. The average Bonchev–Trinajstić information content (AvgIpc) is 2.21. The Morgan fingerprint density at radius 2 is 2.08 bits per heavy atom. The quantitative estimate of drug-likeness (QED) is 0.734. The van der Waals surface area contributed by atoms with Crippen LogP contribution in [-0.2, 0) is 6.54 Å². The van der Waals surface area contributed by atoms with Crippen molar-refractivity contribution in [3.8, 4) is 0 Å². The van der Waals surface area contributed by atoms with E-state index in [2.05, 4.69) is 22.6 Å². The first-order valence-corrected chi connectivity index (χ1v) is 4.20. The number of nitrogens with one attached hydrogen (secondary N) is 1. The molecule has 2 rings (SSSR count). The van der Waals surface area contributed by atoms with E-state index in [1.54, 1.807) is 12.5 Å². The van der Waals surface area contributed by atoms with E-state index in [-0.39, 0.29) is 0 Å². The van der Waals surface area contributed by atoms with Crippen LogP contribution in [0.25, 0.3) is 0 Å². The molecular weight excluding hydrogens is 162 g/mol. The molecule has 1 aromatic rings. The van der Waals surface area contributed by atoms with E-state index >= 15 is 0 Å². The highest BCUT2D eigenvalue weighted by Gasteiger charge is 1.99. The number of rotatable bonds is 2. The van der Waals surface area contributed by atoms with Crippen LogP contribution in [0, 0.1) is 0 Å². The predicted molar refractivity (Wildman–Crippen MR) is 52.8 cm³/mol. The van der Waals surface area contributed by atoms with Gasteiger partial charge in [-0.3, -0.25) is 10.4 Å². The summed E-state index contributed by atoms with van der Waals surface area (Å²) >= 11 is 0. The Kier molecular flexibility index (Phi) is 2.27. The molecule has 1 N–H and O–H groups in total. The fraction of sp³-hybridized carbons (Fsp3) is 0.100. The Hall–Kier alpha value is -1.77. The number of benzene rings is 1. The van der Waals surface area contributed by atoms with Gasteiger partial charge in [0.2, 0.25) is 0 Å². The van der Waals surface area contributed by atoms with Crippen LogP contribution in [0.3, 0.4) is 0 Å². The van der Waals surface area contributed by atoms with Crippen molar-refractivity contribution in [1.29, 1.82) is 0 Å². The van der Waals surface area contributed by atoms with E-state index in [1.807, 2.05) is 29.4 Å². The predicted octanol–water partition coefficient (Wildman–Crippen LogP) is 1.51. The largest absolute Gasteiger partial charge is 0.288 e. The van der Waals surface area contributed by atoms with Crippen molar-refractivity contribution in [2.24, 2.45) is 4.99 Å². The summed E-state index contributed by atoms with van der Waals surface area (Å²) in [5, 5.41) is 1.97. The maximum absolute atomic E-state index is 3.91. The Balaban J connectivity index is 1.99. The molecule has 0 bridgehead atoms. The number of hydrogen-bond acceptors (Lipinski definition) is 3. The number of nitrogens with zero attached hydrogens (tertiary/aromatic N) is 2. The molecule has 1 aliphatic heterocycles. The van der Waals surface area contributed by atoms with Crippen LogP contribution < -0.4 is 5.43 Å². The summed E-state index contributed by atoms with van der Waals surface area (Å²) in [4.78, 5) is 3.91. The Labute approximate surface area is 77.4 Å². The molecule has 1 aliphatic rings. The molecule has 66 valence electrons. The molecule has 0 saturated carbocycles. The van der Waals surface area contributed by atoms with E-state index in [4.69, 9.17) is 0 Å². The van der Waals surface area contributed by atoms with E-state index < -0.39 is 0 Å². The SMILES string of the molecule is C1=CN(Cc2ccccc2)NC=N1. The maximum atomic E-state index is 3.91. The van der Waals surface area contributed by atoms with E-state index in [0.29, 0.717) is 0 Å². The third kappa shape index (κ3) is 2.08. The van der Waals surface area contributed by atoms with Gasteiger partial charge in [-0.2, -0.15) is 0 Å². The molecule has 0 aromatic heterocycles. The molecule has 0 atom stereocenters. The van der Waals surface area contributed by atoms with Crippen LogP contribution in [0.4, 0.5) is 0 Å². The molecule has 0 radical (unpaired) electrons. The lowest BCUT2D eigenvalue weighted by molar-refractivity contribution is 0.325.